The number of methoxy groups -OCH3 is 1. The van der Waals surface area contributed by atoms with Crippen molar-refractivity contribution < 1.29 is 13.9 Å². The van der Waals surface area contributed by atoms with Gasteiger partial charge in [0.25, 0.3) is 0 Å². The Kier molecular flexibility index (Phi) is 8.45. The van der Waals surface area contributed by atoms with Crippen LogP contribution >= 0.6 is 0 Å². The van der Waals surface area contributed by atoms with Crippen molar-refractivity contribution in [1.29, 1.82) is 0 Å². The molecule has 1 amide bonds. The standard InChI is InChI=1S/C22H29FN4O2/c1-26(2)21(28)15-25-22(27(3)16-18-6-5-7-19(23)14-18)24-13-12-17-8-10-20(29-4)11-9-17/h5-11,14H,12-13,15-16H2,1-4H3,(H,24,25). The SMILES string of the molecule is COc1ccc(CCNC(=NCC(=O)N(C)C)N(C)Cc2cccc(F)c2)cc1. The molecule has 0 aliphatic heterocycles. The average Bonchev–Trinajstić information content (AvgIpc) is 2.70. The maximum atomic E-state index is 13.5. The van der Waals surface area contributed by atoms with Gasteiger partial charge in [0.2, 0.25) is 5.91 Å². The fraction of sp³-hybridized carbons (Fsp3) is 0.364. The maximum absolute atomic E-state index is 13.5. The van der Waals surface area contributed by atoms with E-state index in [1.165, 1.54) is 17.0 Å². The third-order valence-corrected chi connectivity index (χ3v) is 4.39. The Balaban J connectivity index is 2.02. The second kappa shape index (κ2) is 11.0. The van der Waals surface area contributed by atoms with Crippen molar-refractivity contribution in [2.75, 3.05) is 41.3 Å². The zero-order valence-corrected chi connectivity index (χ0v) is 17.5. The minimum absolute atomic E-state index is 0.0470. The molecule has 2 aromatic carbocycles. The molecule has 0 heterocycles. The van der Waals surface area contributed by atoms with Crippen molar-refractivity contribution in [3.8, 4) is 5.75 Å². The van der Waals surface area contributed by atoms with Crippen molar-refractivity contribution in [2.45, 2.75) is 13.0 Å². The lowest BCUT2D eigenvalue weighted by Gasteiger charge is -2.23. The predicted molar refractivity (Wildman–Crippen MR) is 114 cm³/mol. The van der Waals surface area contributed by atoms with Crippen LogP contribution in [0.5, 0.6) is 5.75 Å². The van der Waals surface area contributed by atoms with Crippen molar-refractivity contribution in [3.63, 3.8) is 0 Å². The van der Waals surface area contributed by atoms with Crippen LogP contribution in [0.15, 0.2) is 53.5 Å². The minimum Gasteiger partial charge on any atom is -0.497 e. The molecule has 0 fully saturated rings. The van der Waals surface area contributed by atoms with Crippen LogP contribution in [0.4, 0.5) is 4.39 Å². The Hall–Kier alpha value is -3.09. The first-order valence-electron chi connectivity index (χ1n) is 9.46. The maximum Gasteiger partial charge on any atom is 0.243 e. The lowest BCUT2D eigenvalue weighted by atomic mass is 10.1. The van der Waals surface area contributed by atoms with Crippen LogP contribution in [0, 0.1) is 5.82 Å². The number of amides is 1. The molecule has 0 aliphatic carbocycles. The van der Waals surface area contributed by atoms with Gasteiger partial charge in [-0.2, -0.15) is 0 Å². The molecule has 29 heavy (non-hydrogen) atoms. The van der Waals surface area contributed by atoms with Gasteiger partial charge in [0.15, 0.2) is 5.96 Å². The second-order valence-corrected chi connectivity index (χ2v) is 6.94. The van der Waals surface area contributed by atoms with Gasteiger partial charge >= 0.3 is 0 Å². The molecule has 0 spiro atoms. The number of aliphatic imine (C=N–C) groups is 1. The van der Waals surface area contributed by atoms with E-state index >= 15 is 0 Å². The summed E-state index contributed by atoms with van der Waals surface area (Å²) in [4.78, 5) is 19.8. The van der Waals surface area contributed by atoms with E-state index in [0.29, 0.717) is 19.0 Å². The van der Waals surface area contributed by atoms with Crippen LogP contribution in [0.25, 0.3) is 0 Å². The summed E-state index contributed by atoms with van der Waals surface area (Å²) < 4.78 is 18.7. The lowest BCUT2D eigenvalue weighted by molar-refractivity contribution is -0.127. The molecule has 0 aromatic heterocycles. The quantitative estimate of drug-likeness (QED) is 0.547. The van der Waals surface area contributed by atoms with Gasteiger partial charge in [-0.3, -0.25) is 4.79 Å². The highest BCUT2D eigenvalue weighted by Gasteiger charge is 2.10. The summed E-state index contributed by atoms with van der Waals surface area (Å²) in [6.45, 7) is 1.17. The Bertz CT molecular complexity index is 822. The smallest absolute Gasteiger partial charge is 0.243 e. The number of guanidine groups is 1. The summed E-state index contributed by atoms with van der Waals surface area (Å²) in [5, 5.41) is 3.31. The van der Waals surface area contributed by atoms with E-state index in [2.05, 4.69) is 10.3 Å². The lowest BCUT2D eigenvalue weighted by Crippen LogP contribution is -2.40. The zero-order chi connectivity index (χ0) is 21.2. The highest BCUT2D eigenvalue weighted by molar-refractivity contribution is 5.84. The van der Waals surface area contributed by atoms with Gasteiger partial charge in [-0.25, -0.2) is 9.38 Å². The van der Waals surface area contributed by atoms with E-state index in [-0.39, 0.29) is 18.3 Å². The summed E-state index contributed by atoms with van der Waals surface area (Å²) in [6.07, 6.45) is 0.790. The third-order valence-electron chi connectivity index (χ3n) is 4.39. The number of halogens is 1. The fourth-order valence-electron chi connectivity index (χ4n) is 2.69. The van der Waals surface area contributed by atoms with Crippen LogP contribution < -0.4 is 10.1 Å². The monoisotopic (exact) mass is 400 g/mol. The topological polar surface area (TPSA) is 57.2 Å². The number of carbonyl (C=O) groups excluding carboxylic acids is 1. The average molecular weight is 400 g/mol. The summed E-state index contributed by atoms with van der Waals surface area (Å²) >= 11 is 0. The van der Waals surface area contributed by atoms with Crippen LogP contribution in [-0.4, -0.2) is 63.0 Å². The first-order valence-corrected chi connectivity index (χ1v) is 9.46. The van der Waals surface area contributed by atoms with E-state index in [0.717, 1.165) is 23.3 Å². The Morgan fingerprint density at radius 3 is 2.45 bits per heavy atom. The van der Waals surface area contributed by atoms with E-state index in [9.17, 15) is 9.18 Å². The van der Waals surface area contributed by atoms with Crippen molar-refractivity contribution >= 4 is 11.9 Å². The van der Waals surface area contributed by atoms with Gasteiger partial charge in [-0.15, -0.1) is 0 Å². The molecule has 0 atom stereocenters. The number of likely N-dealkylation sites (N-methyl/N-ethyl adjacent to an activating group) is 1. The van der Waals surface area contributed by atoms with Crippen molar-refractivity contribution in [1.82, 2.24) is 15.1 Å². The Labute approximate surface area is 172 Å². The largest absolute Gasteiger partial charge is 0.497 e. The minimum atomic E-state index is -0.273. The Morgan fingerprint density at radius 2 is 1.83 bits per heavy atom. The Morgan fingerprint density at radius 1 is 1.10 bits per heavy atom. The first kappa shape index (κ1) is 22.2. The van der Waals surface area contributed by atoms with Crippen molar-refractivity contribution in [2.24, 2.45) is 4.99 Å². The van der Waals surface area contributed by atoms with E-state index in [4.69, 9.17) is 4.74 Å². The van der Waals surface area contributed by atoms with Gasteiger partial charge < -0.3 is 19.9 Å². The number of hydrogen-bond acceptors (Lipinski definition) is 3. The molecular weight excluding hydrogens is 371 g/mol. The molecule has 7 heteroatoms. The van der Waals surface area contributed by atoms with Gasteiger partial charge in [0.05, 0.1) is 7.11 Å². The molecule has 0 aliphatic rings. The summed E-state index contributed by atoms with van der Waals surface area (Å²) in [6, 6.07) is 14.3. The highest BCUT2D eigenvalue weighted by Crippen LogP contribution is 2.11. The summed E-state index contributed by atoms with van der Waals surface area (Å²) in [7, 11) is 6.91. The molecule has 2 aromatic rings. The van der Waals surface area contributed by atoms with Gasteiger partial charge in [0.1, 0.15) is 18.1 Å². The predicted octanol–water partition coefficient (Wildman–Crippen LogP) is 2.54. The molecule has 156 valence electrons. The number of ether oxygens (including phenoxy) is 1. The molecule has 0 radical (unpaired) electrons. The molecule has 2 rings (SSSR count). The number of nitrogens with zero attached hydrogens (tertiary/aromatic N) is 3. The van der Waals surface area contributed by atoms with Gasteiger partial charge in [0, 0.05) is 34.2 Å². The van der Waals surface area contributed by atoms with E-state index in [1.807, 2.05) is 42.3 Å². The number of rotatable bonds is 8. The molecule has 0 bridgehead atoms. The summed E-state index contributed by atoms with van der Waals surface area (Å²) in [5.74, 6) is 1.06. The van der Waals surface area contributed by atoms with Crippen LogP contribution in [0.1, 0.15) is 11.1 Å². The van der Waals surface area contributed by atoms with E-state index in [1.54, 1.807) is 27.3 Å². The molecule has 0 unspecified atom stereocenters. The van der Waals surface area contributed by atoms with Gasteiger partial charge in [-0.05, 0) is 41.8 Å². The molecule has 6 nitrogen and oxygen atoms in total. The number of benzene rings is 2. The molecular formula is C22H29FN4O2. The third kappa shape index (κ3) is 7.44. The number of nitrogens with one attached hydrogen (secondary N) is 1. The van der Waals surface area contributed by atoms with Crippen LogP contribution in [-0.2, 0) is 17.8 Å². The van der Waals surface area contributed by atoms with Crippen LogP contribution in [0.3, 0.4) is 0 Å². The van der Waals surface area contributed by atoms with Crippen LogP contribution in [0.2, 0.25) is 0 Å². The second-order valence-electron chi connectivity index (χ2n) is 6.94. The molecule has 0 saturated heterocycles. The normalized spacial score (nSPS) is 11.1. The highest BCUT2D eigenvalue weighted by atomic mass is 19.1. The molecule has 0 saturated carbocycles. The van der Waals surface area contributed by atoms with E-state index < -0.39 is 0 Å². The summed E-state index contributed by atoms with van der Waals surface area (Å²) in [5.41, 5.74) is 1.99. The zero-order valence-electron chi connectivity index (χ0n) is 17.5. The van der Waals surface area contributed by atoms with Crippen molar-refractivity contribution in [3.05, 3.63) is 65.5 Å². The number of carbonyl (C=O) groups is 1. The molecule has 1 N–H and O–H groups in total. The number of hydrogen-bond donors (Lipinski definition) is 1. The van der Waals surface area contributed by atoms with Gasteiger partial charge in [-0.1, -0.05) is 24.3 Å². The first-order chi connectivity index (χ1) is 13.9. The fourth-order valence-corrected chi connectivity index (χ4v) is 2.69.